The van der Waals surface area contributed by atoms with E-state index in [0.29, 0.717) is 0 Å². The summed E-state index contributed by atoms with van der Waals surface area (Å²) in [6.07, 6.45) is 4.36. The molecule has 0 saturated carbocycles. The van der Waals surface area contributed by atoms with Gasteiger partial charge in [-0.2, -0.15) is 0 Å². The van der Waals surface area contributed by atoms with E-state index in [0.717, 1.165) is 64.7 Å². The predicted octanol–water partition coefficient (Wildman–Crippen LogP) is 3.36. The van der Waals surface area contributed by atoms with Crippen LogP contribution in [0.1, 0.15) is 24.0 Å². The lowest BCUT2D eigenvalue weighted by atomic mass is 10.1. The molecule has 2 aliphatic heterocycles. The van der Waals surface area contributed by atoms with Crippen LogP contribution in [0.5, 0.6) is 0 Å². The van der Waals surface area contributed by atoms with Crippen LogP contribution in [0.25, 0.3) is 0 Å². The van der Waals surface area contributed by atoms with Crippen molar-refractivity contribution in [1.29, 1.82) is 0 Å². The molecule has 0 amide bonds. The molecule has 2 heterocycles. The van der Waals surface area contributed by atoms with Crippen molar-refractivity contribution in [2.24, 2.45) is 4.99 Å². The Balaban J connectivity index is 0.00000261. The van der Waals surface area contributed by atoms with Crippen LogP contribution in [0.4, 0.5) is 5.69 Å². The molecule has 0 aliphatic carbocycles. The molecule has 1 N–H and O–H groups in total. The number of rotatable bonds is 4. The molecule has 0 spiro atoms. The molecule has 0 unspecified atom stereocenters. The number of aryl methyl sites for hydroxylation is 1. The van der Waals surface area contributed by atoms with Gasteiger partial charge in [-0.05, 0) is 43.9 Å². The van der Waals surface area contributed by atoms with Gasteiger partial charge in [0.05, 0.1) is 13.2 Å². The first-order valence-corrected chi connectivity index (χ1v) is 9.71. The van der Waals surface area contributed by atoms with Gasteiger partial charge in [-0.25, -0.2) is 0 Å². The van der Waals surface area contributed by atoms with Crippen molar-refractivity contribution in [2.45, 2.75) is 26.7 Å². The second-order valence-corrected chi connectivity index (χ2v) is 7.10. The van der Waals surface area contributed by atoms with Crippen LogP contribution in [-0.2, 0) is 4.74 Å². The van der Waals surface area contributed by atoms with Gasteiger partial charge in [-0.3, -0.25) is 4.99 Å². The Morgan fingerprint density at radius 3 is 2.63 bits per heavy atom. The van der Waals surface area contributed by atoms with Crippen LogP contribution >= 0.6 is 24.0 Å². The molecule has 1 aromatic rings. The standard InChI is InChI=1S/C21H32N4O.HI/c1-17-5-4-6-20(18(17)2)24-11-13-25(14-12-24)21(22-3)23-10-7-19-8-15-26-16-9-19;/h4-6,8H,7,9-16H2,1-3H3,(H,22,23);1H. The predicted molar refractivity (Wildman–Crippen MR) is 125 cm³/mol. The number of anilines is 1. The van der Waals surface area contributed by atoms with E-state index in [1.54, 1.807) is 0 Å². The van der Waals surface area contributed by atoms with E-state index in [2.05, 4.69) is 58.2 Å². The topological polar surface area (TPSA) is 40.1 Å². The van der Waals surface area contributed by atoms with E-state index >= 15 is 0 Å². The third kappa shape index (κ3) is 5.85. The van der Waals surface area contributed by atoms with Crippen molar-refractivity contribution in [3.05, 3.63) is 41.0 Å². The summed E-state index contributed by atoms with van der Waals surface area (Å²) in [7, 11) is 1.88. The van der Waals surface area contributed by atoms with Gasteiger partial charge < -0.3 is 19.9 Å². The summed E-state index contributed by atoms with van der Waals surface area (Å²) in [4.78, 5) is 9.37. The SMILES string of the molecule is CN=C(NCCC1=CCOCC1)N1CCN(c2cccc(C)c2C)CC1.I. The van der Waals surface area contributed by atoms with Gasteiger partial charge in [0.25, 0.3) is 0 Å². The van der Waals surface area contributed by atoms with Gasteiger partial charge >= 0.3 is 0 Å². The van der Waals surface area contributed by atoms with Crippen molar-refractivity contribution in [2.75, 3.05) is 57.9 Å². The molecular formula is C21H33IN4O. The highest BCUT2D eigenvalue weighted by Crippen LogP contribution is 2.23. The third-order valence-corrected chi connectivity index (χ3v) is 5.49. The summed E-state index contributed by atoms with van der Waals surface area (Å²) in [5, 5.41) is 3.54. The van der Waals surface area contributed by atoms with Crippen LogP contribution in [0.2, 0.25) is 0 Å². The van der Waals surface area contributed by atoms with E-state index in [4.69, 9.17) is 4.74 Å². The molecule has 0 bridgehead atoms. The molecule has 1 saturated heterocycles. The molecule has 5 nitrogen and oxygen atoms in total. The molecule has 150 valence electrons. The summed E-state index contributed by atoms with van der Waals surface area (Å²) < 4.78 is 5.37. The minimum Gasteiger partial charge on any atom is -0.377 e. The summed E-state index contributed by atoms with van der Waals surface area (Å²) in [6.45, 7) is 11.1. The summed E-state index contributed by atoms with van der Waals surface area (Å²) in [5.41, 5.74) is 5.64. The van der Waals surface area contributed by atoms with E-state index < -0.39 is 0 Å². The van der Waals surface area contributed by atoms with E-state index in [-0.39, 0.29) is 24.0 Å². The number of piperazine rings is 1. The van der Waals surface area contributed by atoms with Crippen LogP contribution in [-0.4, -0.2) is 63.8 Å². The quantitative estimate of drug-likeness (QED) is 0.308. The minimum absolute atomic E-state index is 0. The highest BCUT2D eigenvalue weighted by Gasteiger charge is 2.21. The fraction of sp³-hybridized carbons (Fsp3) is 0.571. The van der Waals surface area contributed by atoms with Crippen LogP contribution in [0.15, 0.2) is 34.8 Å². The number of hydrogen-bond acceptors (Lipinski definition) is 3. The first kappa shape index (κ1) is 22.0. The van der Waals surface area contributed by atoms with Crippen LogP contribution in [0.3, 0.4) is 0 Å². The number of nitrogens with one attached hydrogen (secondary N) is 1. The zero-order valence-corrected chi connectivity index (χ0v) is 19.2. The van der Waals surface area contributed by atoms with Gasteiger partial charge in [-0.1, -0.05) is 23.8 Å². The number of guanidine groups is 1. The van der Waals surface area contributed by atoms with Crippen molar-refractivity contribution in [1.82, 2.24) is 10.2 Å². The highest BCUT2D eigenvalue weighted by atomic mass is 127. The molecule has 0 radical (unpaired) electrons. The molecule has 6 heteroatoms. The number of hydrogen-bond donors (Lipinski definition) is 1. The summed E-state index contributed by atoms with van der Waals surface area (Å²) >= 11 is 0. The molecule has 2 aliphatic rings. The number of aliphatic imine (C=N–C) groups is 1. The van der Waals surface area contributed by atoms with E-state index in [1.165, 1.54) is 22.4 Å². The number of ether oxygens (including phenoxy) is 1. The average molecular weight is 484 g/mol. The van der Waals surface area contributed by atoms with Crippen molar-refractivity contribution in [3.8, 4) is 0 Å². The first-order chi connectivity index (χ1) is 12.7. The van der Waals surface area contributed by atoms with Crippen molar-refractivity contribution < 1.29 is 4.74 Å². The van der Waals surface area contributed by atoms with Gasteiger partial charge in [-0.15, -0.1) is 24.0 Å². The van der Waals surface area contributed by atoms with E-state index in [1.807, 2.05) is 7.05 Å². The Labute approximate surface area is 180 Å². The molecule has 27 heavy (non-hydrogen) atoms. The molecule has 0 atom stereocenters. The van der Waals surface area contributed by atoms with Gasteiger partial charge in [0.1, 0.15) is 0 Å². The summed E-state index contributed by atoms with van der Waals surface area (Å²) in [6, 6.07) is 6.59. The maximum absolute atomic E-state index is 5.37. The fourth-order valence-corrected chi connectivity index (χ4v) is 3.70. The highest BCUT2D eigenvalue weighted by molar-refractivity contribution is 14.0. The van der Waals surface area contributed by atoms with Crippen LogP contribution < -0.4 is 10.2 Å². The van der Waals surface area contributed by atoms with Crippen molar-refractivity contribution >= 4 is 35.6 Å². The van der Waals surface area contributed by atoms with Gasteiger partial charge in [0.15, 0.2) is 5.96 Å². The largest absolute Gasteiger partial charge is 0.377 e. The Hall–Kier alpha value is -1.28. The lowest BCUT2D eigenvalue weighted by Crippen LogP contribution is -2.52. The zero-order chi connectivity index (χ0) is 18.4. The smallest absolute Gasteiger partial charge is 0.193 e. The van der Waals surface area contributed by atoms with Crippen molar-refractivity contribution in [3.63, 3.8) is 0 Å². The van der Waals surface area contributed by atoms with Gasteiger partial charge in [0.2, 0.25) is 0 Å². The Kier molecular flexibility index (Phi) is 8.89. The number of benzene rings is 1. The second-order valence-electron chi connectivity index (χ2n) is 7.10. The molecule has 0 aromatic heterocycles. The van der Waals surface area contributed by atoms with E-state index in [9.17, 15) is 0 Å². The first-order valence-electron chi connectivity index (χ1n) is 9.71. The number of nitrogens with zero attached hydrogens (tertiary/aromatic N) is 3. The van der Waals surface area contributed by atoms with Crippen LogP contribution in [0, 0.1) is 13.8 Å². The van der Waals surface area contributed by atoms with Gasteiger partial charge in [0, 0.05) is 45.5 Å². The maximum atomic E-state index is 5.37. The zero-order valence-electron chi connectivity index (χ0n) is 16.8. The molecule has 1 aromatic carbocycles. The third-order valence-electron chi connectivity index (χ3n) is 5.49. The normalized spacial score (nSPS) is 18.0. The Morgan fingerprint density at radius 2 is 1.96 bits per heavy atom. The average Bonchev–Trinajstić information content (AvgIpc) is 2.69. The maximum Gasteiger partial charge on any atom is 0.193 e. The Bertz CT molecular complexity index is 666. The monoisotopic (exact) mass is 484 g/mol. The fourth-order valence-electron chi connectivity index (χ4n) is 3.70. The minimum atomic E-state index is 0. The number of halogens is 1. The molecule has 3 rings (SSSR count). The lowest BCUT2D eigenvalue weighted by molar-refractivity contribution is 0.153. The molecule has 1 fully saturated rings. The summed E-state index contributed by atoms with van der Waals surface area (Å²) in [5.74, 6) is 1.03. The second kappa shape index (κ2) is 10.9. The Morgan fingerprint density at radius 1 is 1.19 bits per heavy atom. The lowest BCUT2D eigenvalue weighted by Gasteiger charge is -2.38. The molecular weight excluding hydrogens is 451 g/mol.